The molecule has 0 fully saturated rings. The van der Waals surface area contributed by atoms with E-state index in [4.69, 9.17) is 4.74 Å². The summed E-state index contributed by atoms with van der Waals surface area (Å²) in [4.78, 5) is 55.0. The fourth-order valence-corrected chi connectivity index (χ4v) is 5.10. The van der Waals surface area contributed by atoms with Crippen LogP contribution in [0.1, 0.15) is 31.4 Å². The molecule has 1 aromatic heterocycles. The third-order valence-corrected chi connectivity index (χ3v) is 7.32. The van der Waals surface area contributed by atoms with Crippen molar-refractivity contribution in [2.24, 2.45) is 5.92 Å². The molecule has 9 nitrogen and oxygen atoms in total. The van der Waals surface area contributed by atoms with Gasteiger partial charge in [-0.25, -0.2) is 0 Å². The number of ether oxygens (including phenoxy) is 1. The van der Waals surface area contributed by atoms with Crippen LogP contribution in [-0.2, 0) is 31.4 Å². The van der Waals surface area contributed by atoms with Gasteiger partial charge in [0.1, 0.15) is 11.8 Å². The van der Waals surface area contributed by atoms with Crippen LogP contribution < -0.4 is 15.4 Å². The molecule has 3 N–H and O–H groups in total. The lowest BCUT2D eigenvalue weighted by atomic mass is 10.0. The average Bonchev–Trinajstić information content (AvgIpc) is 2.96. The van der Waals surface area contributed by atoms with Gasteiger partial charge in [-0.1, -0.05) is 50.2 Å². The van der Waals surface area contributed by atoms with Gasteiger partial charge in [-0.05, 0) is 41.8 Å². The maximum Gasteiger partial charge on any atom is 0.305 e. The van der Waals surface area contributed by atoms with Gasteiger partial charge in [0.25, 0.3) is 0 Å². The number of pyridine rings is 1. The Morgan fingerprint density at radius 3 is 2.34 bits per heavy atom. The smallest absolute Gasteiger partial charge is 0.305 e. The molecular formula is C31H35N3O6S. The number of hydrogen-bond donors (Lipinski definition) is 3. The van der Waals surface area contributed by atoms with Gasteiger partial charge in [-0.2, -0.15) is 0 Å². The summed E-state index contributed by atoms with van der Waals surface area (Å²) in [6, 6.07) is 18.4. The zero-order valence-electron chi connectivity index (χ0n) is 23.3. The predicted molar refractivity (Wildman–Crippen MR) is 158 cm³/mol. The summed E-state index contributed by atoms with van der Waals surface area (Å²) in [6.07, 6.45) is 1.07. The van der Waals surface area contributed by atoms with Crippen molar-refractivity contribution in [1.29, 1.82) is 0 Å². The minimum absolute atomic E-state index is 0.0399. The highest BCUT2D eigenvalue weighted by Gasteiger charge is 2.30. The van der Waals surface area contributed by atoms with Crippen molar-refractivity contribution in [3.63, 3.8) is 0 Å². The first-order valence-corrected chi connectivity index (χ1v) is 14.4. The highest BCUT2D eigenvalue weighted by molar-refractivity contribution is 7.99. The van der Waals surface area contributed by atoms with Gasteiger partial charge < -0.3 is 20.5 Å². The van der Waals surface area contributed by atoms with Crippen LogP contribution >= 0.6 is 11.8 Å². The van der Waals surface area contributed by atoms with Gasteiger partial charge in [0.15, 0.2) is 5.78 Å². The molecule has 1 heterocycles. The lowest BCUT2D eigenvalue weighted by Gasteiger charge is -2.25. The number of nitrogens with one attached hydrogen (secondary N) is 2. The van der Waals surface area contributed by atoms with Crippen molar-refractivity contribution < 1.29 is 29.0 Å². The topological polar surface area (TPSA) is 135 Å². The molecule has 0 saturated heterocycles. The zero-order chi connectivity index (χ0) is 29.8. The first-order valence-electron chi connectivity index (χ1n) is 13.2. The summed E-state index contributed by atoms with van der Waals surface area (Å²) in [5.74, 6) is -1.83. The molecule has 2 atom stereocenters. The fraction of sp³-hybridized carbons (Fsp3) is 0.323. The van der Waals surface area contributed by atoms with E-state index in [1.54, 1.807) is 26.1 Å². The molecule has 2 amide bonds. The second-order valence-corrected chi connectivity index (χ2v) is 10.8. The lowest BCUT2D eigenvalue weighted by Crippen LogP contribution is -2.54. The number of ketones is 1. The summed E-state index contributed by atoms with van der Waals surface area (Å²) in [5.41, 5.74) is 3.21. The van der Waals surface area contributed by atoms with Crippen LogP contribution in [0.2, 0.25) is 0 Å². The zero-order valence-corrected chi connectivity index (χ0v) is 24.1. The number of benzene rings is 2. The van der Waals surface area contributed by atoms with Crippen molar-refractivity contribution in [2.75, 3.05) is 12.9 Å². The number of carbonyl (C=O) groups is 4. The van der Waals surface area contributed by atoms with Crippen LogP contribution in [0.25, 0.3) is 11.3 Å². The number of carboxylic acids is 1. The minimum atomic E-state index is -1.21. The largest absolute Gasteiger partial charge is 0.496 e. The molecule has 216 valence electrons. The summed E-state index contributed by atoms with van der Waals surface area (Å²) >= 11 is 1.35. The number of Topliss-reactive ketones (excluding diaryl/α,β-unsaturated/α-hetero) is 1. The Kier molecular flexibility index (Phi) is 11.9. The van der Waals surface area contributed by atoms with Crippen LogP contribution in [0.4, 0.5) is 0 Å². The quantitative estimate of drug-likeness (QED) is 0.248. The van der Waals surface area contributed by atoms with Crippen LogP contribution in [0, 0.1) is 5.92 Å². The maximum absolute atomic E-state index is 13.2. The van der Waals surface area contributed by atoms with E-state index in [2.05, 4.69) is 15.6 Å². The number of aliphatic carboxylic acids is 1. The standard InChI is InChI=1S/C31H35N3O6S/c1-20(2)30(31(39)33-25(17-29(37)38)26(35)19-41-18-21-9-5-4-6-10-21)34-28(36)16-23-15-22(12-13-27(23)40-3)24-11-7-8-14-32-24/h4-15,20,25,30H,16-19H2,1-3H3,(H,33,39)(H,34,36)(H,37,38)/t25-,30?/m0/s1. The summed E-state index contributed by atoms with van der Waals surface area (Å²) in [7, 11) is 1.51. The van der Waals surface area contributed by atoms with E-state index in [0.29, 0.717) is 17.1 Å². The molecule has 3 aromatic rings. The van der Waals surface area contributed by atoms with Crippen molar-refractivity contribution in [2.45, 2.75) is 44.5 Å². The van der Waals surface area contributed by atoms with Gasteiger partial charge in [-0.3, -0.25) is 24.2 Å². The first-order chi connectivity index (χ1) is 19.7. The lowest BCUT2D eigenvalue weighted by molar-refractivity contribution is -0.140. The molecule has 2 aromatic carbocycles. The van der Waals surface area contributed by atoms with Crippen molar-refractivity contribution in [3.8, 4) is 17.0 Å². The normalized spacial score (nSPS) is 12.3. The fourth-order valence-electron chi connectivity index (χ4n) is 4.17. The molecule has 0 spiro atoms. The molecule has 0 aliphatic carbocycles. The molecular weight excluding hydrogens is 542 g/mol. The molecule has 3 rings (SSSR count). The Morgan fingerprint density at radius 1 is 0.976 bits per heavy atom. The van der Waals surface area contributed by atoms with Gasteiger partial charge >= 0.3 is 5.97 Å². The van der Waals surface area contributed by atoms with E-state index >= 15 is 0 Å². The molecule has 0 bridgehead atoms. The van der Waals surface area contributed by atoms with Crippen molar-refractivity contribution in [1.82, 2.24) is 15.6 Å². The monoisotopic (exact) mass is 577 g/mol. The van der Waals surface area contributed by atoms with E-state index in [9.17, 15) is 24.3 Å². The Balaban J connectivity index is 1.66. The van der Waals surface area contributed by atoms with Crippen molar-refractivity contribution >= 4 is 35.3 Å². The van der Waals surface area contributed by atoms with Gasteiger partial charge in [0.05, 0.1) is 37.4 Å². The molecule has 1 unspecified atom stereocenters. The number of rotatable bonds is 15. The summed E-state index contributed by atoms with van der Waals surface area (Å²) in [6.45, 7) is 3.52. The van der Waals surface area contributed by atoms with Crippen molar-refractivity contribution in [3.05, 3.63) is 84.1 Å². The first kappa shape index (κ1) is 31.3. The number of thioether (sulfide) groups is 1. The maximum atomic E-state index is 13.2. The van der Waals surface area contributed by atoms with E-state index in [1.165, 1.54) is 18.9 Å². The number of amides is 2. The third-order valence-electron chi connectivity index (χ3n) is 6.30. The molecule has 41 heavy (non-hydrogen) atoms. The number of nitrogens with zero attached hydrogens (tertiary/aromatic N) is 1. The highest BCUT2D eigenvalue weighted by atomic mass is 32.2. The SMILES string of the molecule is COc1ccc(-c2ccccn2)cc1CC(=O)NC(C(=O)N[C@@H](CC(=O)O)C(=O)CSCc1ccccc1)C(C)C. The van der Waals surface area contributed by atoms with Gasteiger partial charge in [0, 0.05) is 23.1 Å². The minimum Gasteiger partial charge on any atom is -0.496 e. The molecule has 0 aliphatic rings. The Hall–Kier alpha value is -4.18. The molecule has 0 radical (unpaired) electrons. The Bertz CT molecular complexity index is 1330. The number of aromatic nitrogens is 1. The second kappa shape index (κ2) is 15.6. The molecule has 0 aliphatic heterocycles. The number of carbonyl (C=O) groups excluding carboxylic acids is 3. The number of methoxy groups -OCH3 is 1. The van der Waals surface area contributed by atoms with Gasteiger partial charge in [-0.15, -0.1) is 11.8 Å². The summed E-state index contributed by atoms with van der Waals surface area (Å²) in [5, 5.41) is 14.7. The van der Waals surface area contributed by atoms with E-state index in [1.807, 2.05) is 60.7 Å². The van der Waals surface area contributed by atoms with Gasteiger partial charge in [0.2, 0.25) is 11.8 Å². The van der Waals surface area contributed by atoms with Crippen LogP contribution in [0.3, 0.4) is 0 Å². The van der Waals surface area contributed by atoms with Crippen LogP contribution in [0.5, 0.6) is 5.75 Å². The molecule has 10 heteroatoms. The molecule has 0 saturated carbocycles. The Labute approximate surface area is 244 Å². The van der Waals surface area contributed by atoms with Crippen LogP contribution in [0.15, 0.2) is 72.9 Å². The third kappa shape index (κ3) is 9.75. The van der Waals surface area contributed by atoms with E-state index in [0.717, 1.165) is 16.8 Å². The Morgan fingerprint density at radius 2 is 1.71 bits per heavy atom. The number of carboxylic acid groups (broad SMARTS) is 1. The average molecular weight is 578 g/mol. The van der Waals surface area contributed by atoms with Crippen LogP contribution in [-0.4, -0.2) is 58.6 Å². The highest BCUT2D eigenvalue weighted by Crippen LogP contribution is 2.26. The predicted octanol–water partition coefficient (Wildman–Crippen LogP) is 3.90. The van der Waals surface area contributed by atoms with E-state index < -0.39 is 42.1 Å². The number of hydrogen-bond acceptors (Lipinski definition) is 7. The summed E-state index contributed by atoms with van der Waals surface area (Å²) < 4.78 is 5.44. The van der Waals surface area contributed by atoms with E-state index in [-0.39, 0.29) is 18.1 Å². The second-order valence-electron chi connectivity index (χ2n) is 9.81.